The standard InChI is InChI=1S/C15H20BrNO/c1-4-6-13(17-5-2)14-9-11-8-12(16)7-10(3)15(11)18-14/h7-9,13,17H,4-6H2,1-3H3. The molecule has 2 aromatic rings. The second-order valence-electron chi connectivity index (χ2n) is 4.69. The first kappa shape index (κ1) is 13.6. The monoisotopic (exact) mass is 309 g/mol. The number of hydrogen-bond acceptors (Lipinski definition) is 2. The van der Waals surface area contributed by atoms with Gasteiger partial charge in [-0.25, -0.2) is 0 Å². The van der Waals surface area contributed by atoms with Crippen molar-refractivity contribution in [3.8, 4) is 0 Å². The summed E-state index contributed by atoms with van der Waals surface area (Å²) in [6.45, 7) is 7.38. The third-order valence-electron chi connectivity index (χ3n) is 3.16. The van der Waals surface area contributed by atoms with Gasteiger partial charge in [-0.15, -0.1) is 0 Å². The van der Waals surface area contributed by atoms with Crippen LogP contribution in [0.1, 0.15) is 44.1 Å². The maximum atomic E-state index is 6.04. The second-order valence-corrected chi connectivity index (χ2v) is 5.60. The molecular weight excluding hydrogens is 290 g/mol. The largest absolute Gasteiger partial charge is 0.459 e. The molecule has 1 heterocycles. The Balaban J connectivity index is 2.41. The molecule has 18 heavy (non-hydrogen) atoms. The van der Waals surface area contributed by atoms with Crippen LogP contribution < -0.4 is 5.32 Å². The molecule has 0 spiro atoms. The zero-order chi connectivity index (χ0) is 13.1. The van der Waals surface area contributed by atoms with E-state index >= 15 is 0 Å². The molecule has 0 aliphatic heterocycles. The Labute approximate surface area is 117 Å². The van der Waals surface area contributed by atoms with Crippen molar-refractivity contribution in [1.29, 1.82) is 0 Å². The van der Waals surface area contributed by atoms with E-state index in [1.54, 1.807) is 0 Å². The van der Waals surface area contributed by atoms with Crippen LogP contribution in [0.5, 0.6) is 0 Å². The van der Waals surface area contributed by atoms with Crippen molar-refractivity contribution >= 4 is 26.9 Å². The minimum Gasteiger partial charge on any atom is -0.459 e. The number of hydrogen-bond donors (Lipinski definition) is 1. The molecule has 98 valence electrons. The fraction of sp³-hybridized carbons (Fsp3) is 0.467. The molecule has 0 saturated heterocycles. The van der Waals surface area contributed by atoms with Crippen molar-refractivity contribution in [1.82, 2.24) is 5.32 Å². The maximum absolute atomic E-state index is 6.04. The predicted octanol–water partition coefficient (Wildman–Crippen LogP) is 4.95. The van der Waals surface area contributed by atoms with E-state index in [0.29, 0.717) is 6.04 Å². The Morgan fingerprint density at radius 3 is 2.72 bits per heavy atom. The predicted molar refractivity (Wildman–Crippen MR) is 80.0 cm³/mol. The van der Waals surface area contributed by atoms with E-state index < -0.39 is 0 Å². The fourth-order valence-corrected chi connectivity index (χ4v) is 2.94. The summed E-state index contributed by atoms with van der Waals surface area (Å²) in [6.07, 6.45) is 2.26. The van der Waals surface area contributed by atoms with Crippen LogP contribution in [0.3, 0.4) is 0 Å². The third kappa shape index (κ3) is 2.78. The van der Waals surface area contributed by atoms with Gasteiger partial charge in [0.1, 0.15) is 11.3 Å². The Morgan fingerprint density at radius 2 is 2.06 bits per heavy atom. The lowest BCUT2D eigenvalue weighted by molar-refractivity contribution is 0.414. The van der Waals surface area contributed by atoms with Gasteiger partial charge in [-0.1, -0.05) is 36.2 Å². The summed E-state index contributed by atoms with van der Waals surface area (Å²) >= 11 is 3.53. The Kier molecular flexibility index (Phi) is 4.46. The van der Waals surface area contributed by atoms with E-state index in [4.69, 9.17) is 4.42 Å². The highest BCUT2D eigenvalue weighted by Gasteiger charge is 2.15. The van der Waals surface area contributed by atoms with Gasteiger partial charge in [-0.3, -0.25) is 0 Å². The summed E-state index contributed by atoms with van der Waals surface area (Å²) in [4.78, 5) is 0. The maximum Gasteiger partial charge on any atom is 0.137 e. The lowest BCUT2D eigenvalue weighted by atomic mass is 10.1. The van der Waals surface area contributed by atoms with Crippen LogP contribution in [-0.4, -0.2) is 6.54 Å². The smallest absolute Gasteiger partial charge is 0.137 e. The van der Waals surface area contributed by atoms with Gasteiger partial charge in [0, 0.05) is 9.86 Å². The van der Waals surface area contributed by atoms with Crippen molar-refractivity contribution in [3.63, 3.8) is 0 Å². The highest BCUT2D eigenvalue weighted by atomic mass is 79.9. The van der Waals surface area contributed by atoms with E-state index in [-0.39, 0.29) is 0 Å². The summed E-state index contributed by atoms with van der Waals surface area (Å²) in [5.41, 5.74) is 2.18. The van der Waals surface area contributed by atoms with E-state index in [1.807, 2.05) is 0 Å². The highest BCUT2D eigenvalue weighted by molar-refractivity contribution is 9.10. The Morgan fingerprint density at radius 1 is 1.28 bits per heavy atom. The van der Waals surface area contributed by atoms with E-state index in [1.165, 1.54) is 10.9 Å². The zero-order valence-corrected chi connectivity index (χ0v) is 12.8. The van der Waals surface area contributed by atoms with Gasteiger partial charge < -0.3 is 9.73 Å². The molecule has 0 amide bonds. The van der Waals surface area contributed by atoms with Crippen LogP contribution in [0.4, 0.5) is 0 Å². The number of aryl methyl sites for hydroxylation is 1. The van der Waals surface area contributed by atoms with Crippen LogP contribution in [0.2, 0.25) is 0 Å². The first-order valence-corrected chi connectivity index (χ1v) is 7.38. The van der Waals surface area contributed by atoms with Crippen LogP contribution in [0.15, 0.2) is 27.1 Å². The average molecular weight is 310 g/mol. The summed E-state index contributed by atoms with van der Waals surface area (Å²) in [6, 6.07) is 6.70. The number of benzene rings is 1. The second kappa shape index (κ2) is 5.89. The van der Waals surface area contributed by atoms with Crippen LogP contribution >= 0.6 is 15.9 Å². The van der Waals surface area contributed by atoms with E-state index in [0.717, 1.165) is 35.2 Å². The molecule has 2 nitrogen and oxygen atoms in total. The molecule has 3 heteroatoms. The molecule has 0 fully saturated rings. The molecule has 1 aromatic heterocycles. The number of nitrogens with one attached hydrogen (secondary N) is 1. The molecule has 0 radical (unpaired) electrons. The van der Waals surface area contributed by atoms with Crippen molar-refractivity contribution < 1.29 is 4.42 Å². The Bertz CT molecular complexity index is 527. The van der Waals surface area contributed by atoms with Crippen molar-refractivity contribution in [2.45, 2.75) is 39.7 Å². The number of rotatable bonds is 5. The molecule has 2 rings (SSSR count). The number of halogens is 1. The molecule has 1 unspecified atom stereocenters. The molecule has 0 saturated carbocycles. The lowest BCUT2D eigenvalue weighted by Gasteiger charge is -2.13. The SMILES string of the molecule is CCCC(NCC)c1cc2cc(Br)cc(C)c2o1. The highest BCUT2D eigenvalue weighted by Crippen LogP contribution is 2.30. The number of furan rings is 1. The van der Waals surface area contributed by atoms with Crippen molar-refractivity contribution in [3.05, 3.63) is 34.0 Å². The quantitative estimate of drug-likeness (QED) is 0.845. The first-order chi connectivity index (χ1) is 8.65. The fourth-order valence-electron chi connectivity index (χ4n) is 2.35. The summed E-state index contributed by atoms with van der Waals surface area (Å²) in [7, 11) is 0. The van der Waals surface area contributed by atoms with Gasteiger partial charge in [0.05, 0.1) is 6.04 Å². The molecule has 1 N–H and O–H groups in total. The third-order valence-corrected chi connectivity index (χ3v) is 3.61. The normalized spacial score (nSPS) is 13.1. The average Bonchev–Trinajstić information content (AvgIpc) is 2.72. The molecule has 0 aliphatic carbocycles. The topological polar surface area (TPSA) is 25.2 Å². The Hall–Kier alpha value is -0.800. The van der Waals surface area contributed by atoms with Gasteiger partial charge in [0.15, 0.2) is 0 Å². The van der Waals surface area contributed by atoms with E-state index in [2.05, 4.69) is 60.2 Å². The van der Waals surface area contributed by atoms with Crippen LogP contribution in [0.25, 0.3) is 11.0 Å². The lowest BCUT2D eigenvalue weighted by Crippen LogP contribution is -2.20. The van der Waals surface area contributed by atoms with Crippen molar-refractivity contribution in [2.24, 2.45) is 0 Å². The van der Waals surface area contributed by atoms with Gasteiger partial charge in [0.25, 0.3) is 0 Å². The van der Waals surface area contributed by atoms with Crippen LogP contribution in [-0.2, 0) is 0 Å². The minimum absolute atomic E-state index is 0.325. The van der Waals surface area contributed by atoms with Gasteiger partial charge in [-0.05, 0) is 43.7 Å². The molecule has 1 aromatic carbocycles. The first-order valence-electron chi connectivity index (χ1n) is 6.58. The minimum atomic E-state index is 0.325. The zero-order valence-electron chi connectivity index (χ0n) is 11.2. The summed E-state index contributed by atoms with van der Waals surface area (Å²) in [5, 5.41) is 4.67. The van der Waals surface area contributed by atoms with Gasteiger partial charge >= 0.3 is 0 Å². The van der Waals surface area contributed by atoms with Gasteiger partial charge in [0.2, 0.25) is 0 Å². The van der Waals surface area contributed by atoms with Crippen molar-refractivity contribution in [2.75, 3.05) is 6.54 Å². The molecule has 1 atom stereocenters. The van der Waals surface area contributed by atoms with E-state index in [9.17, 15) is 0 Å². The molecule has 0 aliphatic rings. The van der Waals surface area contributed by atoms with Gasteiger partial charge in [-0.2, -0.15) is 0 Å². The number of fused-ring (bicyclic) bond motifs is 1. The molecule has 0 bridgehead atoms. The summed E-state index contributed by atoms with van der Waals surface area (Å²) in [5.74, 6) is 1.05. The summed E-state index contributed by atoms with van der Waals surface area (Å²) < 4.78 is 7.14. The molecular formula is C15H20BrNO. The van der Waals surface area contributed by atoms with Crippen LogP contribution in [0, 0.1) is 6.92 Å².